The van der Waals surface area contributed by atoms with Crippen LogP contribution in [0.5, 0.6) is 0 Å². The molecule has 0 N–H and O–H groups in total. The highest BCUT2D eigenvalue weighted by Crippen LogP contribution is 2.30. The lowest BCUT2D eigenvalue weighted by Gasteiger charge is -2.25. The molecule has 2 aromatic carbocycles. The third-order valence-electron chi connectivity index (χ3n) is 11.2. The summed E-state index contributed by atoms with van der Waals surface area (Å²) < 4.78 is 58.1. The molecular formula is C56H94O9. The van der Waals surface area contributed by atoms with Crippen LogP contribution in [-0.4, -0.2) is 40.0 Å². The van der Waals surface area contributed by atoms with Crippen molar-refractivity contribution in [2.75, 3.05) is 40.0 Å². The Labute approximate surface area is 397 Å². The second kappa shape index (κ2) is 42.0. The Hall–Kier alpha value is -3.40. The molecule has 2 atom stereocenters. The van der Waals surface area contributed by atoms with Gasteiger partial charge in [-0.2, -0.15) is 0 Å². The van der Waals surface area contributed by atoms with Crippen molar-refractivity contribution in [2.24, 2.45) is 0 Å². The summed E-state index contributed by atoms with van der Waals surface area (Å²) >= 11 is 0. The molecule has 0 saturated carbocycles. The van der Waals surface area contributed by atoms with Gasteiger partial charge in [0, 0.05) is 24.0 Å². The van der Waals surface area contributed by atoms with Gasteiger partial charge >= 0.3 is 11.9 Å². The van der Waals surface area contributed by atoms with E-state index in [0.29, 0.717) is 38.3 Å². The van der Waals surface area contributed by atoms with Gasteiger partial charge < -0.3 is 42.6 Å². The SMILES string of the molecule is CCCCCCCCC(OCCCCC)=C(OCCCCC)OC(OCOCOC(OC(OCCCCC)=C(CCCCCCCC)OCCCCC)c1ccccc1)c1ccccc1. The number of hydrogen-bond donors (Lipinski definition) is 0. The van der Waals surface area contributed by atoms with Crippen molar-refractivity contribution < 1.29 is 42.6 Å². The summed E-state index contributed by atoms with van der Waals surface area (Å²) in [4.78, 5) is 0. The van der Waals surface area contributed by atoms with Crippen LogP contribution < -0.4 is 0 Å². The van der Waals surface area contributed by atoms with Gasteiger partial charge in [-0.25, -0.2) is 0 Å². The normalized spacial score (nSPS) is 13.1. The van der Waals surface area contributed by atoms with Crippen molar-refractivity contribution in [3.63, 3.8) is 0 Å². The number of hydrogen-bond acceptors (Lipinski definition) is 9. The number of allylic oxidation sites excluding steroid dienone is 2. The molecule has 2 aromatic rings. The van der Waals surface area contributed by atoms with Crippen molar-refractivity contribution in [3.05, 3.63) is 95.2 Å². The van der Waals surface area contributed by atoms with Crippen LogP contribution in [0.15, 0.2) is 84.1 Å². The Kier molecular flexibility index (Phi) is 37.3. The zero-order valence-electron chi connectivity index (χ0n) is 42.2. The van der Waals surface area contributed by atoms with Crippen LogP contribution in [0.4, 0.5) is 0 Å². The van der Waals surface area contributed by atoms with Crippen LogP contribution in [0, 0.1) is 0 Å². The molecule has 2 rings (SSSR count). The van der Waals surface area contributed by atoms with Gasteiger partial charge in [-0.15, -0.1) is 0 Å². The lowest BCUT2D eigenvalue weighted by atomic mass is 10.1. The van der Waals surface area contributed by atoms with Crippen LogP contribution >= 0.6 is 0 Å². The molecule has 0 aliphatic rings. The lowest BCUT2D eigenvalue weighted by molar-refractivity contribution is -0.253. The summed E-state index contributed by atoms with van der Waals surface area (Å²) in [5, 5.41) is 0. The molecular weight excluding hydrogens is 817 g/mol. The fourth-order valence-electron chi connectivity index (χ4n) is 7.15. The molecule has 0 spiro atoms. The van der Waals surface area contributed by atoms with E-state index in [9.17, 15) is 0 Å². The van der Waals surface area contributed by atoms with Crippen molar-refractivity contribution in [2.45, 2.75) is 221 Å². The van der Waals surface area contributed by atoms with E-state index < -0.39 is 12.6 Å². The van der Waals surface area contributed by atoms with E-state index in [1.807, 2.05) is 60.7 Å². The van der Waals surface area contributed by atoms with Crippen molar-refractivity contribution >= 4 is 0 Å². The third kappa shape index (κ3) is 29.1. The van der Waals surface area contributed by atoms with Gasteiger partial charge in [0.1, 0.15) is 0 Å². The van der Waals surface area contributed by atoms with Crippen LogP contribution in [0.1, 0.15) is 232 Å². The molecule has 0 fully saturated rings. The van der Waals surface area contributed by atoms with E-state index >= 15 is 0 Å². The molecule has 0 heterocycles. The zero-order valence-corrected chi connectivity index (χ0v) is 42.2. The second-order valence-corrected chi connectivity index (χ2v) is 17.2. The molecule has 65 heavy (non-hydrogen) atoms. The minimum absolute atomic E-state index is 0.103. The molecule has 0 aromatic heterocycles. The van der Waals surface area contributed by atoms with E-state index in [-0.39, 0.29) is 13.6 Å². The third-order valence-corrected chi connectivity index (χ3v) is 11.2. The van der Waals surface area contributed by atoms with E-state index in [2.05, 4.69) is 41.5 Å². The standard InChI is InChI=1S/C56H94O9/c1-7-13-19-21-23-31-41-51(58-43-33-15-9-3)55(60-45-35-17-11-5)64-53(49-37-27-25-28-38-49)62-47-57-48-63-54(50-39-29-26-30-40-50)65-56(61-46-36-18-12-6)52(59-44-34-16-10-4)42-32-24-22-20-14-8-2/h25-30,37-40,53-54H,7-24,31-36,41-48H2,1-6H3. The van der Waals surface area contributed by atoms with Crippen molar-refractivity contribution in [3.8, 4) is 0 Å². The van der Waals surface area contributed by atoms with E-state index in [1.165, 1.54) is 51.4 Å². The molecule has 0 aliphatic carbocycles. The maximum atomic E-state index is 6.70. The highest BCUT2D eigenvalue weighted by molar-refractivity contribution is 5.17. The topological polar surface area (TPSA) is 83.1 Å². The Balaban J connectivity index is 2.33. The molecule has 0 saturated heterocycles. The predicted molar refractivity (Wildman–Crippen MR) is 265 cm³/mol. The average molecular weight is 911 g/mol. The van der Waals surface area contributed by atoms with Crippen LogP contribution in [0.3, 0.4) is 0 Å². The quantitative estimate of drug-likeness (QED) is 0.0366. The Morgan fingerprint density at radius 1 is 0.354 bits per heavy atom. The molecule has 0 bridgehead atoms. The van der Waals surface area contributed by atoms with Gasteiger partial charge in [-0.05, 0) is 38.5 Å². The molecule has 0 amide bonds. The molecule has 372 valence electrons. The number of ether oxygens (including phenoxy) is 9. The molecule has 0 radical (unpaired) electrons. The fourth-order valence-corrected chi connectivity index (χ4v) is 7.15. The second-order valence-electron chi connectivity index (χ2n) is 17.2. The lowest BCUT2D eigenvalue weighted by Crippen LogP contribution is -2.18. The largest absolute Gasteiger partial charge is 0.491 e. The Morgan fingerprint density at radius 3 is 1.02 bits per heavy atom. The minimum atomic E-state index is -0.808. The molecule has 9 nitrogen and oxygen atoms in total. The first kappa shape index (κ1) is 57.7. The summed E-state index contributed by atoms with van der Waals surface area (Å²) in [6, 6.07) is 19.9. The van der Waals surface area contributed by atoms with Crippen molar-refractivity contribution in [1.29, 1.82) is 0 Å². The van der Waals surface area contributed by atoms with Gasteiger partial charge in [0.2, 0.25) is 12.6 Å². The van der Waals surface area contributed by atoms with Gasteiger partial charge in [-0.3, -0.25) is 0 Å². The molecule has 0 aliphatic heterocycles. The zero-order chi connectivity index (χ0) is 46.7. The molecule has 2 unspecified atom stereocenters. The monoisotopic (exact) mass is 911 g/mol. The van der Waals surface area contributed by atoms with Crippen LogP contribution in [-0.2, 0) is 42.6 Å². The number of rotatable bonds is 46. The molecule has 9 heteroatoms. The smallest absolute Gasteiger partial charge is 0.321 e. The first-order chi connectivity index (χ1) is 32.1. The fraction of sp³-hybridized carbons (Fsp3) is 0.714. The Morgan fingerprint density at radius 2 is 0.662 bits per heavy atom. The summed E-state index contributed by atoms with van der Waals surface area (Å²) in [5.41, 5.74) is 1.68. The highest BCUT2D eigenvalue weighted by atomic mass is 16.8. The van der Waals surface area contributed by atoms with E-state index in [4.69, 9.17) is 42.6 Å². The van der Waals surface area contributed by atoms with Gasteiger partial charge in [0.05, 0.1) is 26.4 Å². The van der Waals surface area contributed by atoms with Gasteiger partial charge in [-0.1, -0.05) is 218 Å². The summed E-state index contributed by atoms with van der Waals surface area (Å²) in [6.07, 6.45) is 26.8. The number of unbranched alkanes of at least 4 members (excludes halogenated alkanes) is 18. The van der Waals surface area contributed by atoms with Crippen LogP contribution in [0.25, 0.3) is 0 Å². The summed E-state index contributed by atoms with van der Waals surface area (Å²) in [6.45, 7) is 15.4. The van der Waals surface area contributed by atoms with Crippen LogP contribution in [0.2, 0.25) is 0 Å². The highest BCUT2D eigenvalue weighted by Gasteiger charge is 2.24. The van der Waals surface area contributed by atoms with Gasteiger partial charge in [0.15, 0.2) is 25.1 Å². The maximum Gasteiger partial charge on any atom is 0.321 e. The number of benzene rings is 2. The minimum Gasteiger partial charge on any atom is -0.491 e. The van der Waals surface area contributed by atoms with Crippen molar-refractivity contribution in [1.82, 2.24) is 0 Å². The predicted octanol–water partition coefficient (Wildman–Crippen LogP) is 17.0. The first-order valence-electron chi connectivity index (χ1n) is 26.3. The maximum absolute atomic E-state index is 6.70. The summed E-state index contributed by atoms with van der Waals surface area (Å²) in [5.74, 6) is 2.33. The van der Waals surface area contributed by atoms with Gasteiger partial charge in [0.25, 0.3) is 0 Å². The van der Waals surface area contributed by atoms with E-state index in [1.54, 1.807) is 0 Å². The summed E-state index contributed by atoms with van der Waals surface area (Å²) in [7, 11) is 0. The average Bonchev–Trinajstić information content (AvgIpc) is 3.33. The van der Waals surface area contributed by atoms with E-state index in [0.717, 1.165) is 138 Å². The Bertz CT molecular complexity index is 1290. The first-order valence-corrected chi connectivity index (χ1v) is 26.3.